The summed E-state index contributed by atoms with van der Waals surface area (Å²) in [5.41, 5.74) is 1.14. The van der Waals surface area contributed by atoms with Gasteiger partial charge in [-0.1, -0.05) is 25.3 Å². The molecule has 2 aromatic rings. The van der Waals surface area contributed by atoms with Crippen molar-refractivity contribution in [2.45, 2.75) is 0 Å². The number of ether oxygens (including phenoxy) is 2. The number of benzene rings is 2. The zero-order valence-corrected chi connectivity index (χ0v) is 13.8. The van der Waals surface area contributed by atoms with Gasteiger partial charge in [0.05, 0.1) is 0 Å². The molecule has 0 amide bonds. The summed E-state index contributed by atoms with van der Waals surface area (Å²) in [6, 6.07) is 10.7. The molecule has 25 heavy (non-hydrogen) atoms. The molecule has 0 aromatic heterocycles. The maximum absolute atomic E-state index is 12.9. The largest absolute Gasteiger partial charge is 0.489 e. The molecule has 0 aliphatic carbocycles. The van der Waals surface area contributed by atoms with E-state index in [-0.39, 0.29) is 11.6 Å². The molecule has 3 nitrogen and oxygen atoms in total. The Morgan fingerprint density at radius 2 is 1.68 bits per heavy atom. The van der Waals surface area contributed by atoms with E-state index in [1.165, 1.54) is 30.3 Å². The van der Waals surface area contributed by atoms with Gasteiger partial charge in [-0.2, -0.15) is 0 Å². The lowest BCUT2D eigenvalue weighted by molar-refractivity contribution is 0.104. The third kappa shape index (κ3) is 5.46. The van der Waals surface area contributed by atoms with E-state index < -0.39 is 0 Å². The van der Waals surface area contributed by atoms with Crippen LogP contribution in [0.2, 0.25) is 0 Å². The molecular formula is C21H19FO3. The molecule has 0 saturated heterocycles. The molecule has 128 valence electrons. The van der Waals surface area contributed by atoms with Gasteiger partial charge >= 0.3 is 0 Å². The topological polar surface area (TPSA) is 35.5 Å². The van der Waals surface area contributed by atoms with Crippen molar-refractivity contribution in [3.05, 3.63) is 90.8 Å². The number of carbonyl (C=O) groups excluding carboxylic acids is 1. The highest BCUT2D eigenvalue weighted by Gasteiger charge is 2.06. The third-order valence-corrected chi connectivity index (χ3v) is 3.25. The minimum Gasteiger partial charge on any atom is -0.489 e. The highest BCUT2D eigenvalue weighted by molar-refractivity contribution is 6.06. The first-order valence-electron chi connectivity index (χ1n) is 7.73. The van der Waals surface area contributed by atoms with Crippen LogP contribution in [0, 0.1) is 5.82 Å². The standard InChI is InChI=1S/C21H19FO3/c1-3-13-24-19-11-7-17(21(15-19)25-14-4-2)8-12-20(23)16-5-9-18(22)10-6-16/h3-12,15H,1-2,13-14H2/b12-8+. The van der Waals surface area contributed by atoms with Gasteiger partial charge in [-0.15, -0.1) is 0 Å². The first-order valence-corrected chi connectivity index (χ1v) is 7.73. The molecule has 0 saturated carbocycles. The smallest absolute Gasteiger partial charge is 0.185 e. The van der Waals surface area contributed by atoms with E-state index in [0.717, 1.165) is 5.56 Å². The van der Waals surface area contributed by atoms with Crippen molar-refractivity contribution < 1.29 is 18.7 Å². The van der Waals surface area contributed by atoms with Crippen molar-refractivity contribution in [2.24, 2.45) is 0 Å². The van der Waals surface area contributed by atoms with E-state index in [4.69, 9.17) is 9.47 Å². The Labute approximate surface area is 146 Å². The summed E-state index contributed by atoms with van der Waals surface area (Å²) in [5, 5.41) is 0. The fourth-order valence-corrected chi connectivity index (χ4v) is 2.05. The van der Waals surface area contributed by atoms with E-state index >= 15 is 0 Å². The monoisotopic (exact) mass is 338 g/mol. The van der Waals surface area contributed by atoms with Gasteiger partial charge in [-0.05, 0) is 48.6 Å². The molecule has 0 fully saturated rings. The van der Waals surface area contributed by atoms with Gasteiger partial charge in [0.2, 0.25) is 0 Å². The van der Waals surface area contributed by atoms with Crippen LogP contribution < -0.4 is 9.47 Å². The molecule has 0 atom stereocenters. The Kier molecular flexibility index (Phi) is 6.72. The van der Waals surface area contributed by atoms with E-state index in [9.17, 15) is 9.18 Å². The number of ketones is 1. The Hall–Kier alpha value is -3.14. The average Bonchev–Trinajstić information content (AvgIpc) is 2.64. The summed E-state index contributed by atoms with van der Waals surface area (Å²) in [4.78, 5) is 12.2. The summed E-state index contributed by atoms with van der Waals surface area (Å²) in [7, 11) is 0. The van der Waals surface area contributed by atoms with Crippen molar-refractivity contribution in [1.82, 2.24) is 0 Å². The highest BCUT2D eigenvalue weighted by Crippen LogP contribution is 2.26. The quantitative estimate of drug-likeness (QED) is 0.372. The summed E-state index contributed by atoms with van der Waals surface area (Å²) >= 11 is 0. The van der Waals surface area contributed by atoms with E-state index in [0.29, 0.717) is 30.3 Å². The Morgan fingerprint density at radius 3 is 2.36 bits per heavy atom. The number of hydrogen-bond donors (Lipinski definition) is 0. The molecule has 0 heterocycles. The Morgan fingerprint density at radius 1 is 1.00 bits per heavy atom. The summed E-state index contributed by atoms with van der Waals surface area (Å²) in [5.74, 6) is 0.614. The minimum atomic E-state index is -0.379. The van der Waals surface area contributed by atoms with Crippen molar-refractivity contribution in [1.29, 1.82) is 0 Å². The normalized spacial score (nSPS) is 10.4. The van der Waals surface area contributed by atoms with Gasteiger partial charge in [0.1, 0.15) is 30.5 Å². The van der Waals surface area contributed by atoms with Crippen LogP contribution in [0.3, 0.4) is 0 Å². The SMILES string of the molecule is C=CCOc1ccc(/C=C/C(=O)c2ccc(F)cc2)c(OCC=C)c1. The maximum atomic E-state index is 12.9. The second kappa shape index (κ2) is 9.23. The number of hydrogen-bond acceptors (Lipinski definition) is 3. The Balaban J connectivity index is 2.20. The van der Waals surface area contributed by atoms with Gasteiger partial charge in [-0.25, -0.2) is 4.39 Å². The van der Waals surface area contributed by atoms with E-state index in [2.05, 4.69) is 13.2 Å². The van der Waals surface area contributed by atoms with Crippen LogP contribution in [0.25, 0.3) is 6.08 Å². The fourth-order valence-electron chi connectivity index (χ4n) is 2.05. The van der Waals surface area contributed by atoms with Crippen LogP contribution in [-0.2, 0) is 0 Å². The minimum absolute atomic E-state index is 0.221. The van der Waals surface area contributed by atoms with Crippen LogP contribution in [0.4, 0.5) is 4.39 Å². The third-order valence-electron chi connectivity index (χ3n) is 3.25. The lowest BCUT2D eigenvalue weighted by Crippen LogP contribution is -1.98. The van der Waals surface area contributed by atoms with Crippen molar-refractivity contribution in [3.63, 3.8) is 0 Å². The predicted octanol–water partition coefficient (Wildman–Crippen LogP) is 4.85. The number of rotatable bonds is 9. The van der Waals surface area contributed by atoms with Gasteiger partial charge < -0.3 is 9.47 Å². The van der Waals surface area contributed by atoms with Crippen LogP contribution in [0.5, 0.6) is 11.5 Å². The highest BCUT2D eigenvalue weighted by atomic mass is 19.1. The van der Waals surface area contributed by atoms with Gasteiger partial charge in [0.15, 0.2) is 5.78 Å². The molecule has 0 bridgehead atoms. The van der Waals surface area contributed by atoms with Crippen LogP contribution >= 0.6 is 0 Å². The first-order chi connectivity index (χ1) is 12.1. The number of allylic oxidation sites excluding steroid dienone is 1. The predicted molar refractivity (Wildman–Crippen MR) is 97.6 cm³/mol. The van der Waals surface area contributed by atoms with Crippen LogP contribution in [-0.4, -0.2) is 19.0 Å². The second-order valence-corrected chi connectivity index (χ2v) is 5.10. The molecule has 0 N–H and O–H groups in total. The number of halogens is 1. The first kappa shape index (κ1) is 18.2. The molecule has 0 radical (unpaired) electrons. The molecule has 0 spiro atoms. The molecule has 0 aliphatic heterocycles. The van der Waals surface area contributed by atoms with Gasteiger partial charge in [0.25, 0.3) is 0 Å². The van der Waals surface area contributed by atoms with Crippen molar-refractivity contribution >= 4 is 11.9 Å². The van der Waals surface area contributed by atoms with Crippen molar-refractivity contribution in [3.8, 4) is 11.5 Å². The molecular weight excluding hydrogens is 319 g/mol. The van der Waals surface area contributed by atoms with E-state index in [1.54, 1.807) is 36.4 Å². The fraction of sp³-hybridized carbons (Fsp3) is 0.0952. The summed E-state index contributed by atoms with van der Waals surface area (Å²) in [6.45, 7) is 7.95. The number of carbonyl (C=O) groups is 1. The second-order valence-electron chi connectivity index (χ2n) is 5.10. The zero-order chi connectivity index (χ0) is 18.1. The van der Waals surface area contributed by atoms with Gasteiger partial charge in [0, 0.05) is 17.2 Å². The lowest BCUT2D eigenvalue weighted by atomic mass is 10.1. The van der Waals surface area contributed by atoms with Crippen LogP contribution in [0.1, 0.15) is 15.9 Å². The lowest BCUT2D eigenvalue weighted by Gasteiger charge is -2.10. The van der Waals surface area contributed by atoms with Gasteiger partial charge in [-0.3, -0.25) is 4.79 Å². The summed E-state index contributed by atoms with van der Waals surface area (Å²) < 4.78 is 24.0. The maximum Gasteiger partial charge on any atom is 0.185 e. The molecule has 4 heteroatoms. The average molecular weight is 338 g/mol. The zero-order valence-electron chi connectivity index (χ0n) is 13.8. The summed E-state index contributed by atoms with van der Waals surface area (Å²) in [6.07, 6.45) is 6.36. The molecule has 2 aromatic carbocycles. The van der Waals surface area contributed by atoms with E-state index in [1.807, 2.05) is 0 Å². The van der Waals surface area contributed by atoms with Crippen molar-refractivity contribution in [2.75, 3.05) is 13.2 Å². The molecule has 2 rings (SSSR count). The molecule has 0 unspecified atom stereocenters. The van der Waals surface area contributed by atoms with Crippen LogP contribution in [0.15, 0.2) is 73.9 Å². The molecule has 0 aliphatic rings. The Bertz CT molecular complexity index is 776.